The molecule has 0 saturated heterocycles. The van der Waals surface area contributed by atoms with Gasteiger partial charge in [-0.25, -0.2) is 9.78 Å². The van der Waals surface area contributed by atoms with Crippen molar-refractivity contribution in [1.29, 1.82) is 0 Å². The van der Waals surface area contributed by atoms with Crippen molar-refractivity contribution in [3.63, 3.8) is 0 Å². The highest BCUT2D eigenvalue weighted by Crippen LogP contribution is 2.16. The van der Waals surface area contributed by atoms with Gasteiger partial charge in [-0.05, 0) is 25.3 Å². The fourth-order valence-corrected chi connectivity index (χ4v) is 2.95. The van der Waals surface area contributed by atoms with Crippen LogP contribution in [0.1, 0.15) is 36.2 Å². The average Bonchev–Trinajstić information content (AvgIpc) is 3.04. The number of aromatic nitrogens is 1. The smallest absolute Gasteiger partial charge is 0.315 e. The van der Waals surface area contributed by atoms with Crippen molar-refractivity contribution in [3.8, 4) is 0 Å². The van der Waals surface area contributed by atoms with Crippen molar-refractivity contribution in [2.24, 2.45) is 0 Å². The Kier molecular flexibility index (Phi) is 6.25. The van der Waals surface area contributed by atoms with Crippen molar-refractivity contribution >= 4 is 23.1 Å². The normalized spacial score (nSPS) is 11.8. The lowest BCUT2D eigenvalue weighted by Crippen LogP contribution is -2.38. The van der Waals surface area contributed by atoms with Crippen molar-refractivity contribution < 1.29 is 9.72 Å². The van der Waals surface area contributed by atoms with Gasteiger partial charge in [0.15, 0.2) is 0 Å². The van der Waals surface area contributed by atoms with Gasteiger partial charge in [0, 0.05) is 24.1 Å². The fraction of sp³-hybridized carbons (Fsp3) is 0.375. The molecule has 0 aliphatic rings. The molecule has 0 bridgehead atoms. The number of thiazole rings is 1. The van der Waals surface area contributed by atoms with Crippen LogP contribution in [0.4, 0.5) is 10.5 Å². The lowest BCUT2D eigenvalue weighted by Gasteiger charge is -2.12. The molecule has 0 radical (unpaired) electrons. The van der Waals surface area contributed by atoms with Gasteiger partial charge in [0.25, 0.3) is 5.69 Å². The van der Waals surface area contributed by atoms with E-state index in [0.29, 0.717) is 13.0 Å². The van der Waals surface area contributed by atoms with Gasteiger partial charge in [-0.1, -0.05) is 19.1 Å². The number of aryl methyl sites for hydroxylation is 1. The molecule has 7 nitrogen and oxygen atoms in total. The van der Waals surface area contributed by atoms with Crippen LogP contribution >= 0.6 is 11.3 Å². The Balaban J connectivity index is 1.75. The number of nitrogens with one attached hydrogen (secondary N) is 2. The molecule has 1 aromatic carbocycles. The van der Waals surface area contributed by atoms with Crippen LogP contribution in [-0.2, 0) is 12.8 Å². The number of hydrogen-bond donors (Lipinski definition) is 2. The van der Waals surface area contributed by atoms with E-state index in [-0.39, 0.29) is 17.8 Å². The van der Waals surface area contributed by atoms with Gasteiger partial charge in [0.05, 0.1) is 21.7 Å². The number of carbonyl (C=O) groups excluding carboxylic acids is 1. The van der Waals surface area contributed by atoms with E-state index in [4.69, 9.17) is 0 Å². The van der Waals surface area contributed by atoms with E-state index in [1.165, 1.54) is 12.1 Å². The number of nitro groups is 1. The van der Waals surface area contributed by atoms with Crippen molar-refractivity contribution in [2.45, 2.75) is 32.7 Å². The van der Waals surface area contributed by atoms with Crippen LogP contribution in [0.3, 0.4) is 0 Å². The zero-order chi connectivity index (χ0) is 17.5. The standard InChI is InChI=1S/C16H20N4O3S/c1-3-15-19-14(10-24-15)11(2)18-16(21)17-9-8-12-4-6-13(7-5-12)20(22)23/h4-7,10-11H,3,8-9H2,1-2H3,(H2,17,18,21)/t11-/m1/s1. The van der Waals surface area contributed by atoms with Crippen LogP contribution in [0, 0.1) is 10.1 Å². The predicted octanol–water partition coefficient (Wildman–Crippen LogP) is 3.22. The number of benzene rings is 1. The summed E-state index contributed by atoms with van der Waals surface area (Å²) in [5, 5.41) is 19.2. The summed E-state index contributed by atoms with van der Waals surface area (Å²) in [4.78, 5) is 26.5. The summed E-state index contributed by atoms with van der Waals surface area (Å²) < 4.78 is 0. The highest BCUT2D eigenvalue weighted by molar-refractivity contribution is 7.09. The summed E-state index contributed by atoms with van der Waals surface area (Å²) in [6.07, 6.45) is 1.50. The Hall–Kier alpha value is -2.48. The SMILES string of the molecule is CCc1nc([C@@H](C)NC(=O)NCCc2ccc([N+](=O)[O-])cc2)cs1. The van der Waals surface area contributed by atoms with E-state index in [0.717, 1.165) is 22.7 Å². The lowest BCUT2D eigenvalue weighted by atomic mass is 10.1. The second-order valence-electron chi connectivity index (χ2n) is 5.32. The van der Waals surface area contributed by atoms with Crippen LogP contribution in [0.25, 0.3) is 0 Å². The Morgan fingerprint density at radius 3 is 2.67 bits per heavy atom. The first-order valence-electron chi connectivity index (χ1n) is 7.71. The maximum atomic E-state index is 11.9. The minimum atomic E-state index is -0.431. The molecule has 1 heterocycles. The summed E-state index contributed by atoms with van der Waals surface area (Å²) in [6.45, 7) is 4.39. The molecule has 0 saturated carbocycles. The van der Waals surface area contributed by atoms with Crippen LogP contribution < -0.4 is 10.6 Å². The number of non-ortho nitro benzene ring substituents is 1. The maximum absolute atomic E-state index is 11.9. The Bertz CT molecular complexity index is 700. The molecule has 2 aromatic rings. The highest BCUT2D eigenvalue weighted by Gasteiger charge is 2.12. The molecule has 0 spiro atoms. The topological polar surface area (TPSA) is 97.2 Å². The van der Waals surface area contributed by atoms with E-state index in [1.54, 1.807) is 23.5 Å². The second kappa shape index (κ2) is 8.39. The van der Waals surface area contributed by atoms with Gasteiger partial charge in [-0.3, -0.25) is 10.1 Å². The monoisotopic (exact) mass is 348 g/mol. The molecule has 24 heavy (non-hydrogen) atoms. The van der Waals surface area contributed by atoms with Crippen LogP contribution in [0.15, 0.2) is 29.6 Å². The van der Waals surface area contributed by atoms with E-state index in [1.807, 2.05) is 19.2 Å². The molecule has 2 N–H and O–H groups in total. The summed E-state index contributed by atoms with van der Waals surface area (Å²) in [5.41, 5.74) is 1.86. The van der Waals surface area contributed by atoms with Gasteiger partial charge in [-0.2, -0.15) is 0 Å². The number of urea groups is 1. The molecular formula is C16H20N4O3S. The Morgan fingerprint density at radius 2 is 2.08 bits per heavy atom. The van der Waals surface area contributed by atoms with Crippen molar-refractivity contribution in [1.82, 2.24) is 15.6 Å². The molecular weight excluding hydrogens is 328 g/mol. The first-order valence-corrected chi connectivity index (χ1v) is 8.59. The second-order valence-corrected chi connectivity index (χ2v) is 6.26. The summed E-state index contributed by atoms with van der Waals surface area (Å²) in [7, 11) is 0. The first kappa shape index (κ1) is 17.9. The van der Waals surface area contributed by atoms with Gasteiger partial charge >= 0.3 is 6.03 Å². The first-order chi connectivity index (χ1) is 11.5. The summed E-state index contributed by atoms with van der Waals surface area (Å²) in [5.74, 6) is 0. The summed E-state index contributed by atoms with van der Waals surface area (Å²) >= 11 is 1.59. The fourth-order valence-electron chi connectivity index (χ4n) is 2.11. The zero-order valence-corrected chi connectivity index (χ0v) is 14.4. The third-order valence-corrected chi connectivity index (χ3v) is 4.52. The van der Waals surface area contributed by atoms with Crippen LogP contribution in [0.5, 0.6) is 0 Å². The molecule has 1 atom stereocenters. The average molecular weight is 348 g/mol. The van der Waals surface area contributed by atoms with Gasteiger partial charge < -0.3 is 10.6 Å². The van der Waals surface area contributed by atoms with Gasteiger partial charge in [0.1, 0.15) is 0 Å². The molecule has 128 valence electrons. The van der Waals surface area contributed by atoms with Crippen molar-refractivity contribution in [3.05, 3.63) is 56.0 Å². The molecule has 0 aliphatic carbocycles. The van der Waals surface area contributed by atoms with Gasteiger partial charge in [0.2, 0.25) is 0 Å². The third kappa shape index (κ3) is 5.02. The molecule has 2 amide bonds. The molecule has 1 aromatic heterocycles. The van der Waals surface area contributed by atoms with E-state index in [9.17, 15) is 14.9 Å². The highest BCUT2D eigenvalue weighted by atomic mass is 32.1. The number of rotatable bonds is 7. The number of carbonyl (C=O) groups is 1. The molecule has 0 fully saturated rings. The Morgan fingerprint density at radius 1 is 1.38 bits per heavy atom. The molecule has 0 aliphatic heterocycles. The zero-order valence-electron chi connectivity index (χ0n) is 13.6. The Labute approximate surface area is 144 Å². The minimum Gasteiger partial charge on any atom is -0.338 e. The minimum absolute atomic E-state index is 0.0630. The lowest BCUT2D eigenvalue weighted by molar-refractivity contribution is -0.384. The predicted molar refractivity (Wildman–Crippen MR) is 93.2 cm³/mol. The van der Waals surface area contributed by atoms with E-state index < -0.39 is 4.92 Å². The summed E-state index contributed by atoms with van der Waals surface area (Å²) in [6, 6.07) is 5.91. The maximum Gasteiger partial charge on any atom is 0.315 e. The molecule has 2 rings (SSSR count). The van der Waals surface area contributed by atoms with Crippen LogP contribution in [-0.4, -0.2) is 22.5 Å². The molecule has 8 heteroatoms. The van der Waals surface area contributed by atoms with Crippen molar-refractivity contribution in [2.75, 3.05) is 6.54 Å². The quantitative estimate of drug-likeness (QED) is 0.593. The van der Waals surface area contributed by atoms with E-state index >= 15 is 0 Å². The number of hydrogen-bond acceptors (Lipinski definition) is 5. The molecule has 0 unspecified atom stereocenters. The van der Waals surface area contributed by atoms with Crippen LogP contribution in [0.2, 0.25) is 0 Å². The van der Waals surface area contributed by atoms with E-state index in [2.05, 4.69) is 15.6 Å². The number of nitro benzene ring substituents is 1. The third-order valence-electron chi connectivity index (χ3n) is 3.51. The largest absolute Gasteiger partial charge is 0.338 e. The number of nitrogens with zero attached hydrogens (tertiary/aromatic N) is 2. The number of amides is 2. The van der Waals surface area contributed by atoms with Gasteiger partial charge in [-0.15, -0.1) is 11.3 Å².